The van der Waals surface area contributed by atoms with Gasteiger partial charge in [0.2, 0.25) is 0 Å². The molecule has 4 N–H and O–H groups in total. The topological polar surface area (TPSA) is 115 Å². The molecule has 0 heterocycles. The van der Waals surface area contributed by atoms with E-state index in [9.17, 15) is 10.2 Å². The van der Waals surface area contributed by atoms with E-state index in [-0.39, 0.29) is 10.8 Å². The molecule has 4 aromatic carbocycles. The van der Waals surface area contributed by atoms with Gasteiger partial charge in [-0.2, -0.15) is 21.5 Å². The van der Waals surface area contributed by atoms with E-state index >= 15 is 0 Å². The maximum Gasteiger partial charge on any atom is 0.491 e. The highest BCUT2D eigenvalue weighted by atomic mass is 32.2. The van der Waals surface area contributed by atoms with Crippen molar-refractivity contribution < 1.29 is 29.1 Å². The van der Waals surface area contributed by atoms with E-state index in [2.05, 4.69) is 116 Å². The molecular formula is C42H58O6P2S+2. The van der Waals surface area contributed by atoms with Crippen molar-refractivity contribution in [2.75, 3.05) is 11.5 Å². The van der Waals surface area contributed by atoms with Gasteiger partial charge in [0.05, 0.1) is 0 Å². The Morgan fingerprint density at radius 1 is 0.529 bits per heavy atom. The molecule has 0 spiro atoms. The Balaban J connectivity index is 0.00000140. The van der Waals surface area contributed by atoms with Crippen LogP contribution in [0.25, 0.3) is 0 Å². The zero-order valence-electron chi connectivity index (χ0n) is 32.0. The van der Waals surface area contributed by atoms with Gasteiger partial charge in [0.25, 0.3) is 0 Å². The molecule has 0 bridgehead atoms. The van der Waals surface area contributed by atoms with Crippen molar-refractivity contribution in [3.63, 3.8) is 0 Å². The molecule has 0 amide bonds. The fourth-order valence-corrected chi connectivity index (χ4v) is 7.21. The molecule has 2 atom stereocenters. The average Bonchev–Trinajstić information content (AvgIpc) is 3.06. The second kappa shape index (κ2) is 20.3. The van der Waals surface area contributed by atoms with Crippen LogP contribution in [0.5, 0.6) is 11.5 Å². The number of benzene rings is 4. The van der Waals surface area contributed by atoms with E-state index in [0.717, 1.165) is 59.4 Å². The van der Waals surface area contributed by atoms with Crippen molar-refractivity contribution in [2.45, 2.75) is 106 Å². The number of hydrogen-bond donors (Lipinski definition) is 4. The lowest BCUT2D eigenvalue weighted by Crippen LogP contribution is -2.13. The van der Waals surface area contributed by atoms with Crippen molar-refractivity contribution in [3.05, 3.63) is 127 Å². The van der Waals surface area contributed by atoms with Crippen LogP contribution in [0.3, 0.4) is 0 Å². The van der Waals surface area contributed by atoms with E-state index in [4.69, 9.17) is 18.9 Å². The van der Waals surface area contributed by atoms with Crippen LogP contribution in [0.2, 0.25) is 0 Å². The minimum atomic E-state index is -1.17. The standard InChI is InChI=1S/C42H54O2S.2HO2P/c1-27-29(3)39(43)37(41(5,6)7)25-35(27)23-33-17-13-11-15-31(33)19-21-45-22-20-32-16-12-14-18-34(32)24-36-26-38(42(8,9)10)40(44)30(4)28(36)2;2*1-3-2/h11-18,25-26,43-44H,19-24H2,1-10H3;2*3H/p+2. The maximum atomic E-state index is 10.9. The van der Waals surface area contributed by atoms with E-state index < -0.39 is 17.4 Å². The lowest BCUT2D eigenvalue weighted by molar-refractivity contribution is 0.441. The zero-order valence-corrected chi connectivity index (χ0v) is 34.8. The molecule has 9 heteroatoms. The third kappa shape index (κ3) is 12.5. The van der Waals surface area contributed by atoms with Crippen LogP contribution in [0.15, 0.2) is 60.7 Å². The van der Waals surface area contributed by atoms with Crippen LogP contribution in [0.4, 0.5) is 0 Å². The summed E-state index contributed by atoms with van der Waals surface area (Å²) in [7, 11) is -2.33. The van der Waals surface area contributed by atoms with Gasteiger partial charge in [0.1, 0.15) is 11.5 Å². The molecule has 2 unspecified atom stereocenters. The minimum absolute atomic E-state index is 0.108. The molecule has 6 nitrogen and oxygen atoms in total. The molecule has 0 saturated heterocycles. The zero-order chi connectivity index (χ0) is 38.5. The predicted octanol–water partition coefficient (Wildman–Crippen LogP) is 10.5. The summed E-state index contributed by atoms with van der Waals surface area (Å²) >= 11 is 2.03. The van der Waals surface area contributed by atoms with Gasteiger partial charge in [-0.25, -0.2) is 0 Å². The lowest BCUT2D eigenvalue weighted by atomic mass is 9.81. The normalized spacial score (nSPS) is 11.5. The number of aromatic hydroxyl groups is 2. The molecule has 51 heavy (non-hydrogen) atoms. The Hall–Kier alpha value is -3.05. The second-order valence-electron chi connectivity index (χ2n) is 15.0. The summed E-state index contributed by atoms with van der Waals surface area (Å²) < 4.78 is 17.0. The van der Waals surface area contributed by atoms with E-state index in [0.29, 0.717) is 11.5 Å². The fraction of sp³-hybridized carbons (Fsp3) is 0.429. The third-order valence-electron chi connectivity index (χ3n) is 9.59. The van der Waals surface area contributed by atoms with Crippen LogP contribution < -0.4 is 0 Å². The highest BCUT2D eigenvalue weighted by Crippen LogP contribution is 2.38. The molecule has 4 rings (SSSR count). The molecule has 4 aromatic rings. The van der Waals surface area contributed by atoms with E-state index in [1.165, 1.54) is 44.5 Å². The molecule has 276 valence electrons. The second-order valence-corrected chi connectivity index (χ2v) is 16.6. The van der Waals surface area contributed by atoms with Crippen molar-refractivity contribution in [1.82, 2.24) is 0 Å². The summed E-state index contributed by atoms with van der Waals surface area (Å²) in [4.78, 5) is 14.1. The lowest BCUT2D eigenvalue weighted by Gasteiger charge is -2.24. The largest absolute Gasteiger partial charge is 0.507 e. The number of phenols is 2. The average molecular weight is 753 g/mol. The first-order valence-electron chi connectivity index (χ1n) is 17.3. The summed E-state index contributed by atoms with van der Waals surface area (Å²) in [5.41, 5.74) is 14.4. The molecule has 0 aliphatic heterocycles. The van der Waals surface area contributed by atoms with Gasteiger partial charge in [0, 0.05) is 0 Å². The Labute approximate surface area is 313 Å². The first-order chi connectivity index (χ1) is 23.9. The van der Waals surface area contributed by atoms with Gasteiger partial charge in [-0.15, -0.1) is 0 Å². The quantitative estimate of drug-likeness (QED) is 0.0942. The fourth-order valence-electron chi connectivity index (χ4n) is 6.28. The third-order valence-corrected chi connectivity index (χ3v) is 10.6. The Morgan fingerprint density at radius 3 is 1.12 bits per heavy atom. The van der Waals surface area contributed by atoms with Gasteiger partial charge in [0.15, 0.2) is 0 Å². The Bertz CT molecular complexity index is 1640. The van der Waals surface area contributed by atoms with Crippen LogP contribution >= 0.6 is 29.1 Å². The van der Waals surface area contributed by atoms with E-state index in [1.807, 2.05) is 25.6 Å². The molecule has 0 saturated carbocycles. The molecule has 0 fully saturated rings. The first kappa shape index (κ1) is 44.1. The summed E-state index contributed by atoms with van der Waals surface area (Å²) in [5.74, 6) is 3.06. The highest BCUT2D eigenvalue weighted by Gasteiger charge is 2.23. The number of aryl methyl sites for hydroxylation is 2. The molecule has 0 aliphatic rings. The summed E-state index contributed by atoms with van der Waals surface area (Å²) in [6.45, 7) is 21.4. The van der Waals surface area contributed by atoms with Crippen molar-refractivity contribution in [2.24, 2.45) is 0 Å². The number of phenolic OH excluding ortho intramolecular Hbond substituents is 2. The van der Waals surface area contributed by atoms with Crippen molar-refractivity contribution in [3.8, 4) is 11.5 Å². The molecule has 0 aromatic heterocycles. The Kier molecular flexibility index (Phi) is 17.5. The first-order valence-corrected chi connectivity index (χ1v) is 20.2. The summed E-state index contributed by atoms with van der Waals surface area (Å²) in [6.07, 6.45) is 3.87. The van der Waals surface area contributed by atoms with Gasteiger partial charge >= 0.3 is 17.4 Å². The minimum Gasteiger partial charge on any atom is -0.507 e. The molecular weight excluding hydrogens is 694 g/mol. The summed E-state index contributed by atoms with van der Waals surface area (Å²) in [6, 6.07) is 22.2. The highest BCUT2D eigenvalue weighted by molar-refractivity contribution is 7.99. The maximum absolute atomic E-state index is 10.9. The van der Waals surface area contributed by atoms with Crippen LogP contribution in [-0.4, -0.2) is 31.5 Å². The Morgan fingerprint density at radius 2 is 0.824 bits per heavy atom. The van der Waals surface area contributed by atoms with Crippen molar-refractivity contribution >= 4 is 29.1 Å². The van der Waals surface area contributed by atoms with Crippen LogP contribution in [0, 0.1) is 27.7 Å². The molecule has 0 aliphatic carbocycles. The number of hydrogen-bond acceptors (Lipinski definition) is 5. The number of rotatable bonds is 10. The monoisotopic (exact) mass is 752 g/mol. The smallest absolute Gasteiger partial charge is 0.491 e. The SMILES string of the molecule is Cc1c(Cc2ccccc2CCSCCc2ccccc2Cc2cc(C(C)(C)C)c(O)c(C)c2C)cc(C(C)(C)C)c(O)c1C.O=[PH+]O.O=[PH+]O. The van der Waals surface area contributed by atoms with Crippen molar-refractivity contribution in [1.29, 1.82) is 0 Å². The van der Waals surface area contributed by atoms with Gasteiger partial charge in [-0.05, 0) is 152 Å². The van der Waals surface area contributed by atoms with E-state index in [1.54, 1.807) is 0 Å². The molecule has 0 radical (unpaired) electrons. The summed E-state index contributed by atoms with van der Waals surface area (Å²) in [5, 5.41) is 21.7. The van der Waals surface area contributed by atoms with Gasteiger partial charge < -0.3 is 10.2 Å². The van der Waals surface area contributed by atoms with Crippen LogP contribution in [0.1, 0.15) is 108 Å². The van der Waals surface area contributed by atoms with Gasteiger partial charge in [-0.3, -0.25) is 0 Å². The number of thioether (sulfide) groups is 1. The van der Waals surface area contributed by atoms with Crippen LogP contribution in [-0.2, 0) is 45.6 Å². The predicted molar refractivity (Wildman–Crippen MR) is 218 cm³/mol. The van der Waals surface area contributed by atoms with Gasteiger partial charge in [-0.1, -0.05) is 102 Å².